The van der Waals surface area contributed by atoms with Gasteiger partial charge in [0.25, 0.3) is 11.6 Å². The quantitative estimate of drug-likeness (QED) is 0.137. The van der Waals surface area contributed by atoms with Gasteiger partial charge in [-0.25, -0.2) is 9.69 Å². The number of nitro benzene ring substituents is 1. The van der Waals surface area contributed by atoms with Crippen LogP contribution in [0.3, 0.4) is 0 Å². The minimum atomic E-state index is -0.872. The first-order valence-electron chi connectivity index (χ1n) is 14.2. The summed E-state index contributed by atoms with van der Waals surface area (Å²) in [5.41, 5.74) is 4.01. The van der Waals surface area contributed by atoms with Crippen molar-refractivity contribution in [2.75, 3.05) is 23.9 Å². The lowest BCUT2D eigenvalue weighted by Crippen LogP contribution is -2.41. The van der Waals surface area contributed by atoms with Gasteiger partial charge in [-0.15, -0.1) is 0 Å². The summed E-state index contributed by atoms with van der Waals surface area (Å²) in [6.07, 6.45) is 0. The maximum absolute atomic E-state index is 14.0. The third-order valence-corrected chi connectivity index (χ3v) is 8.80. The first-order chi connectivity index (χ1) is 21.8. The van der Waals surface area contributed by atoms with E-state index in [0.717, 1.165) is 22.3 Å². The Morgan fingerprint density at radius 3 is 1.93 bits per heavy atom. The van der Waals surface area contributed by atoms with Crippen molar-refractivity contribution < 1.29 is 33.6 Å². The molecule has 1 N–H and O–H groups in total. The molecule has 11 heteroatoms. The molecule has 4 aliphatic rings. The maximum Gasteiger partial charge on any atom is 0.338 e. The van der Waals surface area contributed by atoms with E-state index in [9.17, 15) is 29.3 Å². The van der Waals surface area contributed by atoms with Gasteiger partial charge in [-0.3, -0.25) is 24.5 Å². The molecule has 224 valence electrons. The van der Waals surface area contributed by atoms with Gasteiger partial charge >= 0.3 is 5.97 Å². The number of carbonyl (C=O) groups excluding carboxylic acids is 4. The zero-order valence-corrected chi connectivity index (χ0v) is 23.8. The van der Waals surface area contributed by atoms with E-state index in [1.54, 1.807) is 6.07 Å². The van der Waals surface area contributed by atoms with E-state index in [0.29, 0.717) is 0 Å². The Morgan fingerprint density at radius 1 is 0.822 bits per heavy atom. The molecule has 0 unspecified atom stereocenters. The van der Waals surface area contributed by atoms with Gasteiger partial charge in [0.2, 0.25) is 11.8 Å². The number of rotatable bonds is 7. The number of methoxy groups -OCH3 is 1. The number of nitrogens with one attached hydrogen (secondary N) is 1. The Bertz CT molecular complexity index is 1820. The Hall–Kier alpha value is -5.84. The normalized spacial score (nSPS) is 20.6. The fraction of sp³-hybridized carbons (Fsp3) is 0.176. The van der Waals surface area contributed by atoms with Crippen LogP contribution in [0.2, 0.25) is 0 Å². The Kier molecular flexibility index (Phi) is 6.65. The molecule has 2 bridgehead atoms. The predicted molar refractivity (Wildman–Crippen MR) is 161 cm³/mol. The second-order valence-electron chi connectivity index (χ2n) is 11.1. The molecular formula is C34H25N3O8. The van der Waals surface area contributed by atoms with Crippen LogP contribution in [0, 0.1) is 22.0 Å². The van der Waals surface area contributed by atoms with Crippen LogP contribution in [0.15, 0.2) is 91.0 Å². The van der Waals surface area contributed by atoms with Crippen LogP contribution in [-0.4, -0.2) is 42.3 Å². The van der Waals surface area contributed by atoms with Gasteiger partial charge in [0.1, 0.15) is 11.4 Å². The van der Waals surface area contributed by atoms with Crippen LogP contribution in [0.5, 0.6) is 5.75 Å². The van der Waals surface area contributed by atoms with Gasteiger partial charge in [-0.05, 0) is 46.5 Å². The Labute approximate surface area is 256 Å². The van der Waals surface area contributed by atoms with E-state index >= 15 is 0 Å². The van der Waals surface area contributed by atoms with Gasteiger partial charge in [-0.2, -0.15) is 0 Å². The molecule has 1 fully saturated rings. The van der Waals surface area contributed by atoms with Crippen molar-refractivity contribution in [3.05, 3.63) is 129 Å². The van der Waals surface area contributed by atoms with Crippen LogP contribution in [0.1, 0.15) is 44.4 Å². The molecule has 4 aromatic rings. The van der Waals surface area contributed by atoms with E-state index < -0.39 is 35.2 Å². The van der Waals surface area contributed by atoms with Crippen molar-refractivity contribution >= 4 is 40.8 Å². The first-order valence-corrected chi connectivity index (χ1v) is 14.2. The van der Waals surface area contributed by atoms with E-state index in [-0.39, 0.29) is 52.0 Å². The maximum atomic E-state index is 14.0. The molecule has 1 saturated heterocycles. The molecule has 11 nitrogen and oxygen atoms in total. The molecule has 0 saturated carbocycles. The SMILES string of the molecule is COc1ccc([N+](=O)[O-])c(NC(=O)COC(=O)c2cccc(N3C(=O)[C@@H]4C5c6ccccc6C(c6ccccc65)[C@H]4C3=O)c2)c1. The lowest BCUT2D eigenvalue weighted by atomic mass is 9.55. The number of nitro groups is 1. The Morgan fingerprint density at radius 2 is 1.40 bits per heavy atom. The number of nitrogens with zero attached hydrogens (tertiary/aromatic N) is 2. The average molecular weight is 604 g/mol. The summed E-state index contributed by atoms with van der Waals surface area (Å²) in [6.45, 7) is -0.733. The minimum Gasteiger partial charge on any atom is -0.497 e. The molecule has 45 heavy (non-hydrogen) atoms. The first kappa shape index (κ1) is 28.0. The van der Waals surface area contributed by atoms with E-state index in [4.69, 9.17) is 9.47 Å². The minimum absolute atomic E-state index is 0.0256. The van der Waals surface area contributed by atoms with E-state index in [1.807, 2.05) is 48.5 Å². The number of hydrogen-bond donors (Lipinski definition) is 1. The fourth-order valence-electron chi connectivity index (χ4n) is 7.01. The molecule has 1 heterocycles. The number of ether oxygens (including phenoxy) is 2. The highest BCUT2D eigenvalue weighted by Crippen LogP contribution is 2.61. The summed E-state index contributed by atoms with van der Waals surface area (Å²) in [7, 11) is 1.38. The summed E-state index contributed by atoms with van der Waals surface area (Å²) in [6, 6.07) is 25.7. The van der Waals surface area contributed by atoms with Crippen molar-refractivity contribution in [2.45, 2.75) is 11.8 Å². The highest BCUT2D eigenvalue weighted by Gasteiger charge is 2.61. The predicted octanol–water partition coefficient (Wildman–Crippen LogP) is 4.80. The van der Waals surface area contributed by atoms with E-state index in [2.05, 4.69) is 5.32 Å². The van der Waals surface area contributed by atoms with Gasteiger partial charge < -0.3 is 14.8 Å². The topological polar surface area (TPSA) is 145 Å². The largest absolute Gasteiger partial charge is 0.497 e. The second kappa shape index (κ2) is 10.7. The van der Waals surface area contributed by atoms with Crippen molar-refractivity contribution in [2.24, 2.45) is 11.8 Å². The van der Waals surface area contributed by atoms with E-state index in [1.165, 1.54) is 48.4 Å². The lowest BCUT2D eigenvalue weighted by molar-refractivity contribution is -0.383. The second-order valence-corrected chi connectivity index (χ2v) is 11.1. The molecule has 8 rings (SSSR count). The molecule has 4 aromatic carbocycles. The van der Waals surface area contributed by atoms with Gasteiger partial charge in [-0.1, -0.05) is 54.6 Å². The van der Waals surface area contributed by atoms with Gasteiger partial charge in [0, 0.05) is 24.0 Å². The zero-order chi connectivity index (χ0) is 31.4. The van der Waals surface area contributed by atoms with Crippen LogP contribution in [0.4, 0.5) is 17.1 Å². The van der Waals surface area contributed by atoms with Crippen LogP contribution < -0.4 is 15.0 Å². The molecule has 0 radical (unpaired) electrons. The number of imide groups is 1. The monoisotopic (exact) mass is 603 g/mol. The molecule has 0 spiro atoms. The highest BCUT2D eigenvalue weighted by atomic mass is 16.6. The number of amides is 3. The van der Waals surface area contributed by atoms with Crippen LogP contribution in [0.25, 0.3) is 0 Å². The fourth-order valence-corrected chi connectivity index (χ4v) is 7.01. The molecule has 2 atom stereocenters. The summed E-state index contributed by atoms with van der Waals surface area (Å²) in [5.74, 6) is -3.72. The highest BCUT2D eigenvalue weighted by molar-refractivity contribution is 6.23. The number of esters is 1. The summed E-state index contributed by atoms with van der Waals surface area (Å²) < 4.78 is 10.2. The average Bonchev–Trinajstić information content (AvgIpc) is 3.33. The number of carbonyl (C=O) groups is 4. The number of benzene rings is 4. The third kappa shape index (κ3) is 4.43. The van der Waals surface area contributed by atoms with Crippen molar-refractivity contribution in [3.8, 4) is 5.75 Å². The molecule has 3 amide bonds. The summed E-state index contributed by atoms with van der Waals surface area (Å²) in [5, 5.41) is 13.7. The van der Waals surface area contributed by atoms with Crippen molar-refractivity contribution in [1.82, 2.24) is 0 Å². The number of anilines is 2. The van der Waals surface area contributed by atoms with Crippen molar-refractivity contribution in [3.63, 3.8) is 0 Å². The third-order valence-electron chi connectivity index (χ3n) is 8.80. The van der Waals surface area contributed by atoms with Crippen LogP contribution >= 0.6 is 0 Å². The van der Waals surface area contributed by atoms with Crippen molar-refractivity contribution in [1.29, 1.82) is 0 Å². The van der Waals surface area contributed by atoms with Crippen LogP contribution in [-0.2, 0) is 19.1 Å². The van der Waals surface area contributed by atoms with Gasteiger partial charge in [0.15, 0.2) is 6.61 Å². The number of hydrogen-bond acceptors (Lipinski definition) is 8. The molecule has 3 aliphatic carbocycles. The van der Waals surface area contributed by atoms with Gasteiger partial charge in [0.05, 0.1) is 35.1 Å². The Balaban J connectivity index is 1.11. The smallest absolute Gasteiger partial charge is 0.338 e. The summed E-state index contributed by atoms with van der Waals surface area (Å²) in [4.78, 5) is 65.4. The molecular weight excluding hydrogens is 578 g/mol. The summed E-state index contributed by atoms with van der Waals surface area (Å²) >= 11 is 0. The lowest BCUT2D eigenvalue weighted by Gasteiger charge is -2.45. The molecule has 0 aromatic heterocycles. The molecule has 1 aliphatic heterocycles. The standard InChI is InChI=1S/C34H25N3O8/c1-44-20-13-14-26(37(42)43)25(16-20)35-27(38)17-45-34(41)18-7-6-8-19(15-18)36-32(39)30-28-21-9-2-3-10-22(21)29(31(30)33(36)40)24-12-5-4-11-23(24)28/h2-16,28-31H,17H2,1H3,(H,35,38)/t28?,29?,30-,31-/m1/s1. The zero-order valence-electron chi connectivity index (χ0n) is 23.8.